The van der Waals surface area contributed by atoms with E-state index in [2.05, 4.69) is 40.7 Å². The number of carbonyl (C=O) groups is 4. The van der Waals surface area contributed by atoms with Crippen molar-refractivity contribution in [2.45, 2.75) is 37.4 Å². The van der Waals surface area contributed by atoms with Crippen LogP contribution in [0, 0.1) is 0 Å². The molecule has 4 aliphatic rings. The number of rotatable bonds is 13. The van der Waals surface area contributed by atoms with Crippen LogP contribution < -0.4 is 35.8 Å². The molecule has 0 bridgehead atoms. The monoisotopic (exact) mass is 1010 g/mol. The molecule has 17 nitrogen and oxygen atoms in total. The number of methoxy groups -OCH3 is 1. The maximum Gasteiger partial charge on any atom is 0.262 e. The zero-order valence-electron chi connectivity index (χ0n) is 40.3. The van der Waals surface area contributed by atoms with Crippen molar-refractivity contribution in [2.75, 3.05) is 86.7 Å². The highest BCUT2D eigenvalue weighted by Gasteiger charge is 2.45. The minimum absolute atomic E-state index is 0.0520. The molecule has 6 aromatic rings. The lowest BCUT2D eigenvalue weighted by atomic mass is 9.91. The van der Waals surface area contributed by atoms with Crippen molar-refractivity contribution in [3.8, 4) is 28.0 Å². The van der Waals surface area contributed by atoms with Gasteiger partial charge in [0, 0.05) is 112 Å². The molecule has 3 N–H and O–H groups in total. The molecule has 1 atom stereocenters. The van der Waals surface area contributed by atoms with Gasteiger partial charge in [-0.3, -0.25) is 39.0 Å². The summed E-state index contributed by atoms with van der Waals surface area (Å²) in [6.07, 6.45) is 5.97. The molecule has 4 aromatic carbocycles. The average Bonchev–Trinajstić information content (AvgIpc) is 3.91. The molecule has 10 rings (SSSR count). The third-order valence-electron chi connectivity index (χ3n) is 13.9. The van der Waals surface area contributed by atoms with Gasteiger partial charge in [-0.05, 0) is 67.3 Å². The number of anilines is 6. The van der Waals surface area contributed by atoms with E-state index >= 15 is 4.39 Å². The van der Waals surface area contributed by atoms with Gasteiger partial charge in [-0.15, -0.1) is 0 Å². The van der Waals surface area contributed by atoms with E-state index < -0.39 is 42.5 Å². The number of hydrogen-bond donors (Lipinski definition) is 3. The summed E-state index contributed by atoms with van der Waals surface area (Å²) in [6, 6.07) is 23.7. The molecule has 4 aliphatic heterocycles. The smallest absolute Gasteiger partial charge is 0.262 e. The number of piperazine rings is 1. The van der Waals surface area contributed by atoms with Crippen molar-refractivity contribution in [3.63, 3.8) is 0 Å². The van der Waals surface area contributed by atoms with Gasteiger partial charge in [-0.25, -0.2) is 9.37 Å². The maximum absolute atomic E-state index is 16.9. The van der Waals surface area contributed by atoms with Crippen LogP contribution >= 0.6 is 18.7 Å². The first-order valence-electron chi connectivity index (χ1n) is 23.8. The van der Waals surface area contributed by atoms with Crippen LogP contribution in [-0.4, -0.2) is 131 Å². The highest BCUT2D eigenvalue weighted by atomic mass is 35.5. The predicted octanol–water partition coefficient (Wildman–Crippen LogP) is 7.47. The molecule has 372 valence electrons. The molecule has 4 amide bonds. The molecule has 0 spiro atoms. The van der Waals surface area contributed by atoms with Crippen LogP contribution in [0.15, 0.2) is 97.5 Å². The summed E-state index contributed by atoms with van der Waals surface area (Å²) in [6.45, 7) is 7.07. The SMILES string of the molecule is COc1cc(N2CCC(F)(CN3CCN(c4ccc5c(c4)C(=O)N(C4CCC(=O)NC4=O)C5=O)CC3)CC2)c(-c2cnn(C)c2)cc1Nc1ncc(Cl)c(Nc2ccc(-c3ccccc3)cc2P(C)(C)=O)n1. The number of imide groups is 2. The van der Waals surface area contributed by atoms with Crippen LogP contribution in [0.2, 0.25) is 5.02 Å². The molecule has 0 radical (unpaired) electrons. The molecule has 72 heavy (non-hydrogen) atoms. The van der Waals surface area contributed by atoms with Crippen LogP contribution in [-0.2, 0) is 21.2 Å². The summed E-state index contributed by atoms with van der Waals surface area (Å²) in [4.78, 5) is 67.6. The lowest BCUT2D eigenvalue weighted by Gasteiger charge is -2.43. The van der Waals surface area contributed by atoms with E-state index in [0.717, 1.165) is 38.5 Å². The number of hydrogen-bond acceptors (Lipinski definition) is 14. The number of nitrogens with zero attached hydrogens (tertiary/aromatic N) is 8. The van der Waals surface area contributed by atoms with E-state index in [9.17, 15) is 23.7 Å². The molecule has 3 saturated heterocycles. The van der Waals surface area contributed by atoms with E-state index in [-0.39, 0.29) is 41.5 Å². The predicted molar refractivity (Wildman–Crippen MR) is 277 cm³/mol. The van der Waals surface area contributed by atoms with E-state index in [1.807, 2.05) is 73.9 Å². The maximum atomic E-state index is 16.9. The first kappa shape index (κ1) is 48.5. The van der Waals surface area contributed by atoms with E-state index in [1.54, 1.807) is 49.5 Å². The van der Waals surface area contributed by atoms with Crippen LogP contribution in [0.5, 0.6) is 5.75 Å². The van der Waals surface area contributed by atoms with Gasteiger partial charge in [0.1, 0.15) is 29.6 Å². The van der Waals surface area contributed by atoms with Crippen LogP contribution in [0.1, 0.15) is 46.4 Å². The summed E-state index contributed by atoms with van der Waals surface area (Å²) in [5.41, 5.74) is 5.54. The number of aromatic nitrogens is 4. The third-order valence-corrected chi connectivity index (χ3v) is 15.7. The largest absolute Gasteiger partial charge is 0.494 e. The quantitative estimate of drug-likeness (QED) is 0.0764. The summed E-state index contributed by atoms with van der Waals surface area (Å²) in [5.74, 6) is -1.09. The Bertz CT molecular complexity index is 3170. The third kappa shape index (κ3) is 9.78. The number of aryl methyl sites for hydroxylation is 1. The fraction of sp³-hybridized carbons (Fsp3) is 0.327. The van der Waals surface area contributed by atoms with Gasteiger partial charge in [0.15, 0.2) is 5.82 Å². The summed E-state index contributed by atoms with van der Waals surface area (Å²) < 4.78 is 38.2. The molecule has 6 heterocycles. The number of fused-ring (bicyclic) bond motifs is 1. The molecule has 20 heteroatoms. The zero-order valence-corrected chi connectivity index (χ0v) is 42.0. The van der Waals surface area contributed by atoms with E-state index in [1.165, 1.54) is 6.20 Å². The Morgan fingerprint density at radius 3 is 2.26 bits per heavy atom. The Balaban J connectivity index is 0.809. The number of carbonyl (C=O) groups excluding carboxylic acids is 4. The zero-order chi connectivity index (χ0) is 50.5. The van der Waals surface area contributed by atoms with Crippen molar-refractivity contribution >= 4 is 82.2 Å². The lowest BCUT2D eigenvalue weighted by molar-refractivity contribution is -0.136. The second kappa shape index (κ2) is 19.5. The minimum atomic E-state index is -2.77. The number of alkyl halides is 1. The molecule has 2 aromatic heterocycles. The van der Waals surface area contributed by atoms with Gasteiger partial charge >= 0.3 is 0 Å². The fourth-order valence-electron chi connectivity index (χ4n) is 10.1. The van der Waals surface area contributed by atoms with Crippen molar-refractivity contribution in [1.29, 1.82) is 0 Å². The van der Waals surface area contributed by atoms with Gasteiger partial charge in [0.05, 0.1) is 42.0 Å². The number of amides is 4. The van der Waals surface area contributed by atoms with Gasteiger partial charge in [-0.2, -0.15) is 10.1 Å². The highest BCUT2D eigenvalue weighted by molar-refractivity contribution is 7.70. The van der Waals surface area contributed by atoms with Crippen molar-refractivity contribution < 1.29 is 32.9 Å². The number of nitrogens with one attached hydrogen (secondary N) is 3. The van der Waals surface area contributed by atoms with Gasteiger partial charge in [0.25, 0.3) is 11.8 Å². The van der Waals surface area contributed by atoms with Crippen LogP contribution in [0.25, 0.3) is 22.3 Å². The van der Waals surface area contributed by atoms with Crippen molar-refractivity contribution in [3.05, 3.63) is 114 Å². The van der Waals surface area contributed by atoms with Crippen LogP contribution in [0.3, 0.4) is 0 Å². The van der Waals surface area contributed by atoms with E-state index in [4.69, 9.17) is 21.3 Å². The van der Waals surface area contributed by atoms with Gasteiger partial charge < -0.3 is 29.7 Å². The summed E-state index contributed by atoms with van der Waals surface area (Å²) >= 11 is 6.68. The first-order valence-corrected chi connectivity index (χ1v) is 26.8. The standard InChI is InChI=1S/C52H54ClFN11O6P/c1-61-30-34(28-56-61)37-26-41(58-51-55-29-39(53)47(60-51)57-40-13-10-33(24-45(40)72(3,4)70)32-8-6-5-7-9-32)44(71-2)27-43(37)64-18-16-52(54,17-19-64)31-62-20-22-63(23-21-62)35-11-12-36-38(25-35)50(69)65(49(36)68)42-14-15-46(66)59-48(42)67/h5-13,24-30,42H,14-23,31H2,1-4H3,(H,59,66,67)(H2,55,57,58,60). The first-order chi connectivity index (χ1) is 34.5. The lowest BCUT2D eigenvalue weighted by Crippen LogP contribution is -2.54. The molecular weight excluding hydrogens is 960 g/mol. The fourth-order valence-corrected chi connectivity index (χ4v) is 11.4. The van der Waals surface area contributed by atoms with Gasteiger partial charge in [-0.1, -0.05) is 48.0 Å². The summed E-state index contributed by atoms with van der Waals surface area (Å²) in [5, 5.41) is 14.3. The molecule has 0 aliphatic carbocycles. The Morgan fingerprint density at radius 2 is 1.57 bits per heavy atom. The Labute approximate surface area is 421 Å². The van der Waals surface area contributed by atoms with Crippen molar-refractivity contribution in [2.24, 2.45) is 7.05 Å². The Morgan fingerprint density at radius 1 is 0.819 bits per heavy atom. The topological polar surface area (TPSA) is 187 Å². The number of ether oxygens (including phenoxy) is 1. The number of piperidine rings is 2. The Hall–Kier alpha value is -7.14. The second-order valence-corrected chi connectivity index (χ2v) is 22.7. The molecular formula is C52H54ClFN11O6P. The second-order valence-electron chi connectivity index (χ2n) is 19.1. The van der Waals surface area contributed by atoms with Gasteiger partial charge in [0.2, 0.25) is 17.8 Å². The molecule has 3 fully saturated rings. The summed E-state index contributed by atoms with van der Waals surface area (Å²) in [7, 11) is 0.670. The number of halogens is 2. The van der Waals surface area contributed by atoms with Crippen LogP contribution in [0.4, 0.5) is 38.9 Å². The molecule has 1 unspecified atom stereocenters. The average molecular weight is 1010 g/mol. The normalized spacial score (nSPS) is 18.3. The van der Waals surface area contributed by atoms with E-state index in [0.29, 0.717) is 80.4 Å². The highest BCUT2D eigenvalue weighted by Crippen LogP contribution is 2.44. The molecule has 0 saturated carbocycles. The number of benzene rings is 4. The minimum Gasteiger partial charge on any atom is -0.494 e. The Kier molecular flexibility index (Phi) is 13.1. The van der Waals surface area contributed by atoms with Crippen molar-refractivity contribution in [1.82, 2.24) is 34.9 Å².